The summed E-state index contributed by atoms with van der Waals surface area (Å²) in [6, 6.07) is 10.4. The van der Waals surface area contributed by atoms with Crippen LogP contribution >= 0.6 is 8.53 Å². The first-order valence-corrected chi connectivity index (χ1v) is 8.92. The molecule has 1 aromatic rings. The predicted molar refractivity (Wildman–Crippen MR) is 85.2 cm³/mol. The minimum atomic E-state index is -1.01. The van der Waals surface area contributed by atoms with Gasteiger partial charge >= 0.3 is 0 Å². The number of rotatable bonds is 5. The normalized spacial score (nSPS) is 28.8. The first-order valence-electron chi connectivity index (χ1n) is 7.79. The van der Waals surface area contributed by atoms with E-state index in [1.807, 2.05) is 19.9 Å². The van der Waals surface area contributed by atoms with Crippen LogP contribution in [0.2, 0.25) is 0 Å². The van der Waals surface area contributed by atoms with Gasteiger partial charge in [-0.15, -0.1) is 0 Å². The number of hydrogen-bond acceptors (Lipinski definition) is 5. The summed E-state index contributed by atoms with van der Waals surface area (Å²) in [7, 11) is -1.01. The van der Waals surface area contributed by atoms with Crippen LogP contribution in [0.4, 0.5) is 0 Å². The van der Waals surface area contributed by atoms with Crippen molar-refractivity contribution in [3.05, 3.63) is 35.9 Å². The summed E-state index contributed by atoms with van der Waals surface area (Å²) in [6.45, 7) is 7.59. The minimum absolute atomic E-state index is 0.0124. The maximum absolute atomic E-state index is 6.01. The molecule has 0 spiro atoms. The van der Waals surface area contributed by atoms with Crippen molar-refractivity contribution in [1.29, 1.82) is 0 Å². The van der Waals surface area contributed by atoms with Crippen LogP contribution in [0.25, 0.3) is 0 Å². The second-order valence-electron chi connectivity index (χ2n) is 6.04. The van der Waals surface area contributed by atoms with E-state index in [2.05, 4.69) is 28.9 Å². The third-order valence-electron chi connectivity index (χ3n) is 3.64. The maximum atomic E-state index is 6.01. The highest BCUT2D eigenvalue weighted by Gasteiger charge is 2.34. The summed E-state index contributed by atoms with van der Waals surface area (Å²) >= 11 is 0. The van der Waals surface area contributed by atoms with Gasteiger partial charge in [-0.05, 0) is 25.8 Å². The van der Waals surface area contributed by atoms with Crippen LogP contribution in [-0.2, 0) is 25.1 Å². The zero-order valence-corrected chi connectivity index (χ0v) is 14.1. The molecule has 1 aromatic carbocycles. The Balaban J connectivity index is 1.52. The SMILES string of the molecule is CC1(C)OCC(COP2OCCCN2Cc2ccccc2)O1. The molecule has 0 bridgehead atoms. The molecule has 2 fully saturated rings. The molecule has 0 radical (unpaired) electrons. The smallest absolute Gasteiger partial charge is 0.259 e. The second-order valence-corrected chi connectivity index (χ2v) is 7.60. The van der Waals surface area contributed by atoms with Crippen molar-refractivity contribution >= 4 is 8.53 Å². The van der Waals surface area contributed by atoms with Gasteiger partial charge in [-0.3, -0.25) is 0 Å². The lowest BCUT2D eigenvalue weighted by Gasteiger charge is -2.33. The number of benzene rings is 1. The van der Waals surface area contributed by atoms with Crippen molar-refractivity contribution in [3.63, 3.8) is 0 Å². The van der Waals surface area contributed by atoms with Gasteiger partial charge in [0.1, 0.15) is 6.10 Å². The average Bonchev–Trinajstić information content (AvgIpc) is 2.87. The molecule has 0 saturated carbocycles. The van der Waals surface area contributed by atoms with E-state index >= 15 is 0 Å². The van der Waals surface area contributed by atoms with Gasteiger partial charge < -0.3 is 18.5 Å². The van der Waals surface area contributed by atoms with Crippen LogP contribution in [0.1, 0.15) is 25.8 Å². The molecule has 0 amide bonds. The highest BCUT2D eigenvalue weighted by atomic mass is 31.2. The Kier molecular flexibility index (Phi) is 5.45. The van der Waals surface area contributed by atoms with Gasteiger partial charge in [0.05, 0.1) is 19.8 Å². The van der Waals surface area contributed by atoms with E-state index < -0.39 is 14.3 Å². The van der Waals surface area contributed by atoms with Crippen molar-refractivity contribution < 1.29 is 18.5 Å². The molecule has 2 atom stereocenters. The van der Waals surface area contributed by atoms with Crippen LogP contribution in [0.5, 0.6) is 0 Å². The zero-order valence-electron chi connectivity index (χ0n) is 13.2. The second kappa shape index (κ2) is 7.35. The molecule has 6 heteroatoms. The standard InChI is InChI=1S/C16H24NO4P/c1-16(2)18-12-15(21-16)13-20-22-17(9-6-10-19-22)11-14-7-4-3-5-8-14/h3-5,7-8,15H,6,9-13H2,1-2H3. The molecule has 2 aliphatic rings. The van der Waals surface area contributed by atoms with Gasteiger partial charge in [-0.2, -0.15) is 0 Å². The Hall–Kier alpha value is -0.550. The summed E-state index contributed by atoms with van der Waals surface area (Å²) in [5, 5.41) is 0. The minimum Gasteiger partial charge on any atom is -0.348 e. The lowest BCUT2D eigenvalue weighted by molar-refractivity contribution is -0.141. The third-order valence-corrected chi connectivity index (χ3v) is 5.22. The summed E-state index contributed by atoms with van der Waals surface area (Å²) < 4.78 is 25.5. The summed E-state index contributed by atoms with van der Waals surface area (Å²) in [5.41, 5.74) is 1.28. The molecule has 3 rings (SSSR count). The Morgan fingerprint density at radius 2 is 2.14 bits per heavy atom. The van der Waals surface area contributed by atoms with Gasteiger partial charge in [0.2, 0.25) is 0 Å². The van der Waals surface area contributed by atoms with Crippen molar-refractivity contribution in [2.75, 3.05) is 26.4 Å². The molecular formula is C16H24NO4P. The van der Waals surface area contributed by atoms with Gasteiger partial charge in [0, 0.05) is 13.1 Å². The van der Waals surface area contributed by atoms with E-state index in [0.29, 0.717) is 13.2 Å². The van der Waals surface area contributed by atoms with Crippen molar-refractivity contribution in [2.45, 2.75) is 38.7 Å². The largest absolute Gasteiger partial charge is 0.348 e. The fourth-order valence-electron chi connectivity index (χ4n) is 2.59. The summed E-state index contributed by atoms with van der Waals surface area (Å²) in [5.74, 6) is -0.502. The van der Waals surface area contributed by atoms with E-state index in [1.54, 1.807) is 0 Å². The Labute approximate surface area is 133 Å². The molecule has 5 nitrogen and oxygen atoms in total. The van der Waals surface area contributed by atoms with Crippen LogP contribution in [-0.4, -0.2) is 42.9 Å². The van der Waals surface area contributed by atoms with Gasteiger partial charge in [0.15, 0.2) is 5.79 Å². The predicted octanol–water partition coefficient (Wildman–Crippen LogP) is 3.30. The van der Waals surface area contributed by atoms with Crippen LogP contribution in [0.3, 0.4) is 0 Å². The molecule has 2 heterocycles. The summed E-state index contributed by atoms with van der Waals surface area (Å²) in [6.07, 6.45) is 1.03. The van der Waals surface area contributed by atoms with Crippen molar-refractivity contribution in [1.82, 2.24) is 4.67 Å². The molecule has 0 aromatic heterocycles. The van der Waals surface area contributed by atoms with E-state index in [0.717, 1.165) is 26.1 Å². The highest BCUT2D eigenvalue weighted by Crippen LogP contribution is 2.46. The van der Waals surface area contributed by atoms with Gasteiger partial charge in [0.25, 0.3) is 8.53 Å². The average molecular weight is 325 g/mol. The fraction of sp³-hybridized carbons (Fsp3) is 0.625. The first kappa shape index (κ1) is 16.3. The van der Waals surface area contributed by atoms with Crippen LogP contribution in [0.15, 0.2) is 30.3 Å². The molecule has 22 heavy (non-hydrogen) atoms. The molecule has 2 aliphatic heterocycles. The number of hydrogen-bond donors (Lipinski definition) is 0. The van der Waals surface area contributed by atoms with Gasteiger partial charge in [-0.1, -0.05) is 30.3 Å². The van der Waals surface area contributed by atoms with Crippen molar-refractivity contribution in [3.8, 4) is 0 Å². The molecule has 2 saturated heterocycles. The van der Waals surface area contributed by atoms with Crippen LogP contribution < -0.4 is 0 Å². The molecule has 122 valence electrons. The first-order chi connectivity index (χ1) is 10.6. The fourth-order valence-corrected chi connectivity index (χ4v) is 4.16. The Morgan fingerprint density at radius 1 is 1.32 bits per heavy atom. The summed E-state index contributed by atoms with van der Waals surface area (Å²) in [4.78, 5) is 0. The van der Waals surface area contributed by atoms with E-state index in [-0.39, 0.29) is 6.10 Å². The monoisotopic (exact) mass is 325 g/mol. The number of nitrogens with zero attached hydrogens (tertiary/aromatic N) is 1. The molecule has 0 N–H and O–H groups in total. The van der Waals surface area contributed by atoms with Gasteiger partial charge in [-0.25, -0.2) is 4.67 Å². The topological polar surface area (TPSA) is 40.2 Å². The lowest BCUT2D eigenvalue weighted by atomic mass is 10.2. The lowest BCUT2D eigenvalue weighted by Crippen LogP contribution is -2.29. The zero-order chi connectivity index (χ0) is 15.4. The quantitative estimate of drug-likeness (QED) is 0.777. The van der Waals surface area contributed by atoms with E-state index in [9.17, 15) is 0 Å². The molecule has 2 unspecified atom stereocenters. The van der Waals surface area contributed by atoms with E-state index in [4.69, 9.17) is 18.5 Å². The highest BCUT2D eigenvalue weighted by molar-refractivity contribution is 7.44. The van der Waals surface area contributed by atoms with Crippen LogP contribution in [0, 0.1) is 0 Å². The maximum Gasteiger partial charge on any atom is 0.259 e. The van der Waals surface area contributed by atoms with Crippen molar-refractivity contribution in [2.24, 2.45) is 0 Å². The Bertz CT molecular complexity index is 470. The Morgan fingerprint density at radius 3 is 2.86 bits per heavy atom. The molecular weight excluding hydrogens is 301 g/mol. The molecule has 0 aliphatic carbocycles. The van der Waals surface area contributed by atoms with E-state index in [1.165, 1.54) is 5.56 Å². The third kappa shape index (κ3) is 4.48. The number of ether oxygens (including phenoxy) is 2.